The molecule has 1 atom stereocenters. The molecule has 4 rings (SSSR count). The highest BCUT2D eigenvalue weighted by Gasteiger charge is 2.32. The first-order valence-corrected chi connectivity index (χ1v) is 8.75. The first-order chi connectivity index (χ1) is 10.8. The van der Waals surface area contributed by atoms with Crippen molar-refractivity contribution in [3.8, 4) is 0 Å². The SMILES string of the molecule is Cc1[nH]c2ccccc2c1[C@@H](c1cccs1)[NH+]1CCOCC1. The van der Waals surface area contributed by atoms with E-state index in [1.54, 1.807) is 4.90 Å². The molecule has 2 aromatic heterocycles. The first kappa shape index (κ1) is 14.0. The van der Waals surface area contributed by atoms with Crippen LogP contribution in [0.25, 0.3) is 10.9 Å². The molecule has 2 N–H and O–H groups in total. The molecular weight excluding hydrogens is 292 g/mol. The van der Waals surface area contributed by atoms with Gasteiger partial charge < -0.3 is 14.6 Å². The summed E-state index contributed by atoms with van der Waals surface area (Å²) < 4.78 is 5.58. The van der Waals surface area contributed by atoms with Crippen molar-refractivity contribution in [1.29, 1.82) is 0 Å². The number of fused-ring (bicyclic) bond motifs is 1. The van der Waals surface area contributed by atoms with Crippen molar-refractivity contribution in [2.75, 3.05) is 26.3 Å². The fraction of sp³-hybridized carbons (Fsp3) is 0.333. The molecule has 114 valence electrons. The molecule has 1 aliphatic rings. The molecule has 0 amide bonds. The molecular formula is C18H21N2OS+. The van der Waals surface area contributed by atoms with E-state index >= 15 is 0 Å². The lowest BCUT2D eigenvalue weighted by atomic mass is 9.99. The van der Waals surface area contributed by atoms with Crippen LogP contribution in [0.4, 0.5) is 0 Å². The molecule has 0 saturated carbocycles. The maximum atomic E-state index is 5.58. The van der Waals surface area contributed by atoms with Gasteiger partial charge in [0.25, 0.3) is 0 Å². The summed E-state index contributed by atoms with van der Waals surface area (Å²) in [7, 11) is 0. The van der Waals surface area contributed by atoms with E-state index in [1.807, 2.05) is 11.3 Å². The van der Waals surface area contributed by atoms with Gasteiger partial charge in [-0.05, 0) is 24.4 Å². The third-order valence-electron chi connectivity index (χ3n) is 4.60. The Hall–Kier alpha value is -1.62. The van der Waals surface area contributed by atoms with Crippen LogP contribution in [-0.2, 0) is 4.74 Å². The quantitative estimate of drug-likeness (QED) is 0.764. The predicted octanol–water partition coefficient (Wildman–Crippen LogP) is 2.54. The Balaban J connectivity index is 1.87. The number of aryl methyl sites for hydroxylation is 1. The van der Waals surface area contributed by atoms with Gasteiger partial charge in [0.2, 0.25) is 0 Å². The van der Waals surface area contributed by atoms with E-state index in [-0.39, 0.29) is 0 Å². The van der Waals surface area contributed by atoms with Gasteiger partial charge in [0.1, 0.15) is 13.1 Å². The third kappa shape index (κ3) is 2.37. The lowest BCUT2D eigenvalue weighted by Gasteiger charge is -2.31. The molecule has 1 saturated heterocycles. The van der Waals surface area contributed by atoms with Gasteiger partial charge in [0, 0.05) is 22.2 Å². The van der Waals surface area contributed by atoms with Crippen LogP contribution in [0.2, 0.25) is 0 Å². The van der Waals surface area contributed by atoms with Crippen LogP contribution < -0.4 is 4.90 Å². The molecule has 3 heterocycles. The Kier molecular flexibility index (Phi) is 3.74. The summed E-state index contributed by atoms with van der Waals surface area (Å²) in [6, 6.07) is 13.5. The minimum Gasteiger partial charge on any atom is -0.370 e. The largest absolute Gasteiger partial charge is 0.370 e. The topological polar surface area (TPSA) is 29.5 Å². The van der Waals surface area contributed by atoms with E-state index < -0.39 is 0 Å². The van der Waals surface area contributed by atoms with Crippen LogP contribution in [0, 0.1) is 6.92 Å². The zero-order chi connectivity index (χ0) is 14.9. The zero-order valence-electron chi connectivity index (χ0n) is 12.8. The standard InChI is InChI=1S/C18H20N2OS/c1-13-17(14-5-2-3-6-15(14)19-13)18(16-7-4-12-22-16)20-8-10-21-11-9-20/h2-7,12,18-19H,8-11H2,1H3/p+1/t18-/m1/s1. The first-order valence-electron chi connectivity index (χ1n) is 7.87. The molecule has 0 aliphatic carbocycles. The monoisotopic (exact) mass is 313 g/mol. The average molecular weight is 313 g/mol. The Labute approximate surface area is 134 Å². The van der Waals surface area contributed by atoms with Gasteiger partial charge in [-0.1, -0.05) is 24.3 Å². The number of morpholine rings is 1. The van der Waals surface area contributed by atoms with Crippen LogP contribution in [0.1, 0.15) is 22.2 Å². The number of rotatable bonds is 3. The van der Waals surface area contributed by atoms with Crippen molar-refractivity contribution < 1.29 is 9.64 Å². The Bertz CT molecular complexity index is 757. The van der Waals surface area contributed by atoms with E-state index in [9.17, 15) is 0 Å². The number of aromatic nitrogens is 1. The van der Waals surface area contributed by atoms with E-state index in [0.717, 1.165) is 26.3 Å². The summed E-state index contributed by atoms with van der Waals surface area (Å²) in [5.74, 6) is 0. The summed E-state index contributed by atoms with van der Waals surface area (Å²) in [4.78, 5) is 6.63. The molecule has 22 heavy (non-hydrogen) atoms. The van der Waals surface area contributed by atoms with Crippen LogP contribution in [-0.4, -0.2) is 31.3 Å². The lowest BCUT2D eigenvalue weighted by molar-refractivity contribution is -0.932. The Morgan fingerprint density at radius 2 is 1.95 bits per heavy atom. The van der Waals surface area contributed by atoms with Gasteiger partial charge >= 0.3 is 0 Å². The van der Waals surface area contributed by atoms with Gasteiger partial charge in [-0.15, -0.1) is 11.3 Å². The Morgan fingerprint density at radius 3 is 2.73 bits per heavy atom. The minimum absolute atomic E-state index is 0.403. The fourth-order valence-corrected chi connectivity index (χ4v) is 4.49. The van der Waals surface area contributed by atoms with Crippen LogP contribution in [0.3, 0.4) is 0 Å². The van der Waals surface area contributed by atoms with E-state index in [1.165, 1.54) is 27.0 Å². The number of thiophene rings is 1. The van der Waals surface area contributed by atoms with Crippen molar-refractivity contribution in [2.24, 2.45) is 0 Å². The number of H-pyrrole nitrogens is 1. The normalized spacial score (nSPS) is 17.9. The second kappa shape index (κ2) is 5.88. The second-order valence-electron chi connectivity index (χ2n) is 5.93. The number of benzene rings is 1. The van der Waals surface area contributed by atoms with Crippen molar-refractivity contribution in [3.05, 3.63) is 57.9 Å². The maximum Gasteiger partial charge on any atom is 0.151 e. The molecule has 0 spiro atoms. The summed E-state index contributed by atoms with van der Waals surface area (Å²) in [5.41, 5.74) is 3.98. The molecule has 1 fully saturated rings. The molecule has 3 aromatic rings. The molecule has 0 radical (unpaired) electrons. The lowest BCUT2D eigenvalue weighted by Crippen LogP contribution is -3.14. The van der Waals surface area contributed by atoms with Crippen molar-refractivity contribution in [1.82, 2.24) is 4.98 Å². The number of hydrogen-bond donors (Lipinski definition) is 2. The summed E-state index contributed by atoms with van der Waals surface area (Å²) in [6.45, 7) is 6.07. The van der Waals surface area contributed by atoms with E-state index in [2.05, 4.69) is 53.7 Å². The highest BCUT2D eigenvalue weighted by Crippen LogP contribution is 2.32. The van der Waals surface area contributed by atoms with Gasteiger partial charge in [-0.3, -0.25) is 0 Å². The fourth-order valence-electron chi connectivity index (χ4n) is 3.60. The van der Waals surface area contributed by atoms with Crippen molar-refractivity contribution in [3.63, 3.8) is 0 Å². The predicted molar refractivity (Wildman–Crippen MR) is 90.7 cm³/mol. The van der Waals surface area contributed by atoms with Crippen LogP contribution >= 0.6 is 11.3 Å². The summed E-state index contributed by atoms with van der Waals surface area (Å²) >= 11 is 1.86. The number of para-hydroxylation sites is 1. The smallest absolute Gasteiger partial charge is 0.151 e. The minimum atomic E-state index is 0.403. The molecule has 1 aromatic carbocycles. The number of nitrogens with one attached hydrogen (secondary N) is 2. The number of aromatic amines is 1. The van der Waals surface area contributed by atoms with Crippen LogP contribution in [0.15, 0.2) is 41.8 Å². The van der Waals surface area contributed by atoms with Crippen molar-refractivity contribution in [2.45, 2.75) is 13.0 Å². The summed E-state index contributed by atoms with van der Waals surface area (Å²) in [6.07, 6.45) is 0. The van der Waals surface area contributed by atoms with E-state index in [4.69, 9.17) is 4.74 Å². The van der Waals surface area contributed by atoms with Gasteiger partial charge in [0.05, 0.1) is 18.1 Å². The van der Waals surface area contributed by atoms with E-state index in [0.29, 0.717) is 6.04 Å². The third-order valence-corrected chi connectivity index (χ3v) is 5.54. The molecule has 4 heteroatoms. The highest BCUT2D eigenvalue weighted by atomic mass is 32.1. The number of ether oxygens (including phenoxy) is 1. The summed E-state index contributed by atoms with van der Waals surface area (Å²) in [5, 5.41) is 3.55. The second-order valence-corrected chi connectivity index (χ2v) is 6.91. The number of hydrogen-bond acceptors (Lipinski definition) is 2. The molecule has 0 bridgehead atoms. The maximum absolute atomic E-state index is 5.58. The molecule has 3 nitrogen and oxygen atoms in total. The van der Waals surface area contributed by atoms with Crippen LogP contribution in [0.5, 0.6) is 0 Å². The molecule has 1 aliphatic heterocycles. The zero-order valence-corrected chi connectivity index (χ0v) is 13.6. The van der Waals surface area contributed by atoms with Gasteiger partial charge in [-0.25, -0.2) is 0 Å². The Morgan fingerprint density at radius 1 is 1.14 bits per heavy atom. The molecule has 0 unspecified atom stereocenters. The van der Waals surface area contributed by atoms with Gasteiger partial charge in [-0.2, -0.15) is 0 Å². The van der Waals surface area contributed by atoms with Gasteiger partial charge in [0.15, 0.2) is 6.04 Å². The highest BCUT2D eigenvalue weighted by molar-refractivity contribution is 7.10. The van der Waals surface area contributed by atoms with Crippen molar-refractivity contribution >= 4 is 22.2 Å². The number of quaternary nitrogens is 1. The average Bonchev–Trinajstić information content (AvgIpc) is 3.18.